The topological polar surface area (TPSA) is 20.2 Å². The van der Waals surface area contributed by atoms with Crippen molar-refractivity contribution in [3.8, 4) is 0 Å². The predicted octanol–water partition coefficient (Wildman–Crippen LogP) is 4.00. The van der Waals surface area contributed by atoms with Crippen LogP contribution in [0.4, 0.5) is 0 Å². The highest BCUT2D eigenvalue weighted by molar-refractivity contribution is 4.96. The van der Waals surface area contributed by atoms with Crippen LogP contribution in [0.5, 0.6) is 0 Å². The Kier molecular flexibility index (Phi) is 3.63. The molecule has 2 aliphatic rings. The molecule has 1 heteroatoms. The maximum Gasteiger partial charge on any atom is 0.0573 e. The molecule has 1 N–H and O–H groups in total. The van der Waals surface area contributed by atoms with Crippen LogP contribution in [0, 0.1) is 23.2 Å². The lowest BCUT2D eigenvalue weighted by molar-refractivity contribution is -0.0651. The fourth-order valence-electron chi connectivity index (χ4n) is 4.27. The van der Waals surface area contributed by atoms with Crippen molar-refractivity contribution >= 4 is 0 Å². The zero-order valence-electron chi connectivity index (χ0n) is 11.2. The molecule has 0 aliphatic heterocycles. The molecule has 0 bridgehead atoms. The smallest absolute Gasteiger partial charge is 0.0573 e. The molecule has 16 heavy (non-hydrogen) atoms. The summed E-state index contributed by atoms with van der Waals surface area (Å²) in [4.78, 5) is 0. The van der Waals surface area contributed by atoms with Gasteiger partial charge in [-0.25, -0.2) is 0 Å². The Morgan fingerprint density at radius 3 is 2.75 bits per heavy atom. The van der Waals surface area contributed by atoms with Gasteiger partial charge in [-0.1, -0.05) is 33.6 Å². The molecular weight excluding hydrogens is 196 g/mol. The van der Waals surface area contributed by atoms with Crippen molar-refractivity contribution < 1.29 is 5.11 Å². The molecule has 5 atom stereocenters. The van der Waals surface area contributed by atoms with Gasteiger partial charge in [0.25, 0.3) is 0 Å². The Morgan fingerprint density at radius 1 is 1.31 bits per heavy atom. The van der Waals surface area contributed by atoms with E-state index in [1.165, 1.54) is 38.5 Å². The average Bonchev–Trinajstić information content (AvgIpc) is 2.27. The highest BCUT2D eigenvalue weighted by Gasteiger charge is 2.46. The maximum absolute atomic E-state index is 10.2. The molecule has 2 rings (SSSR count). The lowest BCUT2D eigenvalue weighted by Gasteiger charge is -2.51. The largest absolute Gasteiger partial charge is 0.393 e. The Labute approximate surface area is 101 Å². The van der Waals surface area contributed by atoms with E-state index in [-0.39, 0.29) is 6.10 Å². The van der Waals surface area contributed by atoms with Crippen molar-refractivity contribution in [2.45, 2.75) is 71.8 Å². The summed E-state index contributed by atoms with van der Waals surface area (Å²) in [6, 6.07) is 0. The Hall–Kier alpha value is -0.0400. The van der Waals surface area contributed by atoms with Gasteiger partial charge in [-0.15, -0.1) is 0 Å². The minimum Gasteiger partial charge on any atom is -0.393 e. The SMILES string of the molecule is CC[C@@H](C)[C@@H]1CC[C@H]2[C@@H](O)CCC[C@]2(C)C1. The van der Waals surface area contributed by atoms with E-state index in [0.717, 1.165) is 18.3 Å². The average molecular weight is 224 g/mol. The fourth-order valence-corrected chi connectivity index (χ4v) is 4.27. The Balaban J connectivity index is 2.06. The molecule has 0 aromatic rings. The summed E-state index contributed by atoms with van der Waals surface area (Å²) >= 11 is 0. The summed E-state index contributed by atoms with van der Waals surface area (Å²) < 4.78 is 0. The van der Waals surface area contributed by atoms with Crippen molar-refractivity contribution in [3.63, 3.8) is 0 Å². The van der Waals surface area contributed by atoms with Gasteiger partial charge in [0.1, 0.15) is 0 Å². The third kappa shape index (κ3) is 2.16. The van der Waals surface area contributed by atoms with Crippen molar-refractivity contribution in [1.82, 2.24) is 0 Å². The summed E-state index contributed by atoms with van der Waals surface area (Å²) in [5.74, 6) is 2.38. The Morgan fingerprint density at radius 2 is 2.06 bits per heavy atom. The first-order valence-electron chi connectivity index (χ1n) is 7.25. The third-order valence-corrected chi connectivity index (χ3v) is 5.63. The van der Waals surface area contributed by atoms with Crippen LogP contribution in [0.15, 0.2) is 0 Å². The van der Waals surface area contributed by atoms with Gasteiger partial charge in [-0.2, -0.15) is 0 Å². The maximum atomic E-state index is 10.2. The van der Waals surface area contributed by atoms with Gasteiger partial charge >= 0.3 is 0 Å². The third-order valence-electron chi connectivity index (χ3n) is 5.63. The summed E-state index contributed by atoms with van der Waals surface area (Å²) in [6.45, 7) is 7.16. The van der Waals surface area contributed by atoms with Gasteiger partial charge in [-0.3, -0.25) is 0 Å². The molecule has 0 aromatic carbocycles. The molecule has 0 spiro atoms. The molecule has 0 heterocycles. The minimum atomic E-state index is -0.00312. The molecule has 0 saturated heterocycles. The molecule has 2 fully saturated rings. The van der Waals surface area contributed by atoms with Crippen LogP contribution < -0.4 is 0 Å². The van der Waals surface area contributed by atoms with Gasteiger partial charge in [0.05, 0.1) is 6.10 Å². The minimum absolute atomic E-state index is 0.00312. The molecule has 0 aromatic heterocycles. The normalized spacial score (nSPS) is 46.1. The molecule has 0 amide bonds. The number of rotatable bonds is 2. The first-order chi connectivity index (χ1) is 7.57. The van der Waals surface area contributed by atoms with E-state index >= 15 is 0 Å². The van der Waals surface area contributed by atoms with Gasteiger partial charge in [0.15, 0.2) is 0 Å². The molecular formula is C15H28O. The predicted molar refractivity (Wildman–Crippen MR) is 68.3 cm³/mol. The number of aliphatic hydroxyl groups is 1. The fraction of sp³-hybridized carbons (Fsp3) is 1.00. The van der Waals surface area contributed by atoms with E-state index in [1.807, 2.05) is 0 Å². The molecule has 2 saturated carbocycles. The van der Waals surface area contributed by atoms with E-state index in [1.54, 1.807) is 0 Å². The van der Waals surface area contributed by atoms with Crippen molar-refractivity contribution in [2.75, 3.05) is 0 Å². The van der Waals surface area contributed by atoms with E-state index < -0.39 is 0 Å². The van der Waals surface area contributed by atoms with Crippen molar-refractivity contribution in [1.29, 1.82) is 0 Å². The zero-order valence-corrected chi connectivity index (χ0v) is 11.2. The first kappa shape index (κ1) is 12.4. The highest BCUT2D eigenvalue weighted by atomic mass is 16.3. The highest BCUT2D eigenvalue weighted by Crippen LogP contribution is 2.53. The van der Waals surface area contributed by atoms with Crippen LogP contribution in [0.25, 0.3) is 0 Å². The number of hydrogen-bond acceptors (Lipinski definition) is 1. The molecule has 1 nitrogen and oxygen atoms in total. The van der Waals surface area contributed by atoms with Gasteiger partial charge < -0.3 is 5.11 Å². The Bertz CT molecular complexity index is 238. The van der Waals surface area contributed by atoms with Gasteiger partial charge in [-0.05, 0) is 55.3 Å². The van der Waals surface area contributed by atoms with Crippen LogP contribution in [0.2, 0.25) is 0 Å². The lowest BCUT2D eigenvalue weighted by atomic mass is 9.55. The molecule has 0 radical (unpaired) electrons. The van der Waals surface area contributed by atoms with Crippen LogP contribution in [-0.2, 0) is 0 Å². The van der Waals surface area contributed by atoms with E-state index in [9.17, 15) is 5.11 Å². The van der Waals surface area contributed by atoms with Gasteiger partial charge in [0, 0.05) is 0 Å². The summed E-state index contributed by atoms with van der Waals surface area (Å²) in [5, 5.41) is 10.2. The standard InChI is InChI=1S/C15H28O/c1-4-11(2)12-7-8-13-14(16)6-5-9-15(13,3)10-12/h11-14,16H,4-10H2,1-3H3/t11-,12-,13+,14+,15-/m1/s1. The van der Waals surface area contributed by atoms with Crippen molar-refractivity contribution in [2.24, 2.45) is 23.2 Å². The second-order valence-electron chi connectivity index (χ2n) is 6.65. The van der Waals surface area contributed by atoms with Crippen LogP contribution in [0.3, 0.4) is 0 Å². The number of aliphatic hydroxyl groups excluding tert-OH is 1. The van der Waals surface area contributed by atoms with E-state index in [4.69, 9.17) is 0 Å². The van der Waals surface area contributed by atoms with E-state index in [2.05, 4.69) is 20.8 Å². The summed E-state index contributed by atoms with van der Waals surface area (Å²) in [5.41, 5.74) is 0.448. The van der Waals surface area contributed by atoms with Crippen LogP contribution >= 0.6 is 0 Å². The first-order valence-corrected chi connectivity index (χ1v) is 7.25. The monoisotopic (exact) mass is 224 g/mol. The van der Waals surface area contributed by atoms with Crippen LogP contribution in [0.1, 0.15) is 65.7 Å². The quantitative estimate of drug-likeness (QED) is 0.751. The zero-order chi connectivity index (χ0) is 11.8. The lowest BCUT2D eigenvalue weighted by Crippen LogP contribution is -2.45. The molecule has 94 valence electrons. The molecule has 2 aliphatic carbocycles. The number of fused-ring (bicyclic) bond motifs is 1. The summed E-state index contributed by atoms with van der Waals surface area (Å²) in [7, 11) is 0. The summed E-state index contributed by atoms with van der Waals surface area (Å²) in [6.07, 6.45) is 8.94. The second kappa shape index (κ2) is 4.68. The van der Waals surface area contributed by atoms with E-state index in [0.29, 0.717) is 11.3 Å². The molecule has 0 unspecified atom stereocenters. The second-order valence-corrected chi connectivity index (χ2v) is 6.65. The number of hydrogen-bond donors (Lipinski definition) is 1. The van der Waals surface area contributed by atoms with Crippen LogP contribution in [-0.4, -0.2) is 11.2 Å². The van der Waals surface area contributed by atoms with Crippen molar-refractivity contribution in [3.05, 3.63) is 0 Å². The van der Waals surface area contributed by atoms with Gasteiger partial charge in [0.2, 0.25) is 0 Å².